The van der Waals surface area contributed by atoms with Crippen LogP contribution in [0.3, 0.4) is 0 Å². The monoisotopic (exact) mass is 230 g/mol. The number of allylic oxidation sites excluding steroid dienone is 1. The van der Waals surface area contributed by atoms with Crippen molar-refractivity contribution < 1.29 is 0 Å². The molecule has 0 radical (unpaired) electrons. The summed E-state index contributed by atoms with van der Waals surface area (Å²) in [6.07, 6.45) is 4.39. The molecule has 0 aliphatic rings. The van der Waals surface area contributed by atoms with Gasteiger partial charge in [0.1, 0.15) is 0 Å². The summed E-state index contributed by atoms with van der Waals surface area (Å²) in [6.45, 7) is 3.73. The van der Waals surface area contributed by atoms with Gasteiger partial charge in [0, 0.05) is 11.8 Å². The first-order valence-corrected chi connectivity index (χ1v) is 5.36. The minimum atomic E-state index is 0.270. The summed E-state index contributed by atoms with van der Waals surface area (Å²) in [5.74, 6) is 0. The van der Waals surface area contributed by atoms with E-state index >= 15 is 0 Å². The Morgan fingerprint density at radius 1 is 1.31 bits per heavy atom. The number of hydrogen-bond donors (Lipinski definition) is 0. The lowest BCUT2D eigenvalue weighted by Crippen LogP contribution is -1.88. The summed E-state index contributed by atoms with van der Waals surface area (Å²) in [5, 5.41) is 0.270. The normalized spacial score (nSPS) is 10.1. The Labute approximate surface area is 99.6 Å². The summed E-state index contributed by atoms with van der Waals surface area (Å²) in [6, 6.07) is 10.0. The quantitative estimate of drug-likeness (QED) is 0.596. The van der Waals surface area contributed by atoms with E-state index in [2.05, 4.69) is 28.7 Å². The van der Waals surface area contributed by atoms with E-state index in [1.54, 1.807) is 6.20 Å². The highest BCUT2D eigenvalue weighted by atomic mass is 35.5. The van der Waals surface area contributed by atoms with Gasteiger partial charge >= 0.3 is 0 Å². The molecule has 1 heterocycles. The first kappa shape index (κ1) is 10.8. The van der Waals surface area contributed by atoms with Crippen molar-refractivity contribution in [1.82, 2.24) is 9.97 Å². The molecule has 0 aliphatic carbocycles. The lowest BCUT2D eigenvalue weighted by molar-refractivity contribution is 1.17. The van der Waals surface area contributed by atoms with Crippen molar-refractivity contribution in [1.29, 1.82) is 0 Å². The number of benzene rings is 1. The predicted octanol–water partition coefficient (Wildman–Crippen LogP) is 3.53. The number of rotatable bonds is 3. The van der Waals surface area contributed by atoms with Crippen molar-refractivity contribution in [3.63, 3.8) is 0 Å². The maximum absolute atomic E-state index is 5.76. The second-order valence-corrected chi connectivity index (χ2v) is 3.74. The Morgan fingerprint density at radius 3 is 2.94 bits per heavy atom. The molecule has 0 fully saturated rings. The van der Waals surface area contributed by atoms with Crippen molar-refractivity contribution in [2.24, 2.45) is 0 Å². The van der Waals surface area contributed by atoms with Gasteiger partial charge in [-0.15, -0.1) is 6.58 Å². The smallest absolute Gasteiger partial charge is 0.222 e. The first-order chi connectivity index (χ1) is 7.79. The third-order valence-electron chi connectivity index (χ3n) is 2.23. The molecular weight excluding hydrogens is 220 g/mol. The number of hydrogen-bond acceptors (Lipinski definition) is 2. The van der Waals surface area contributed by atoms with E-state index in [0.29, 0.717) is 0 Å². The topological polar surface area (TPSA) is 25.8 Å². The zero-order valence-corrected chi connectivity index (χ0v) is 9.48. The largest absolute Gasteiger partial charge is 0.226 e. The van der Waals surface area contributed by atoms with Crippen molar-refractivity contribution >= 4 is 11.6 Å². The molecule has 1 aromatic heterocycles. The Kier molecular flexibility index (Phi) is 3.32. The second-order valence-electron chi connectivity index (χ2n) is 3.40. The van der Waals surface area contributed by atoms with E-state index in [9.17, 15) is 0 Å². The molecule has 0 saturated heterocycles. The first-order valence-electron chi connectivity index (χ1n) is 4.98. The predicted molar refractivity (Wildman–Crippen MR) is 66.4 cm³/mol. The molecule has 2 aromatic rings. The molecule has 2 rings (SSSR count). The van der Waals surface area contributed by atoms with Crippen LogP contribution in [0, 0.1) is 0 Å². The lowest BCUT2D eigenvalue weighted by Gasteiger charge is -2.03. The molecule has 80 valence electrons. The van der Waals surface area contributed by atoms with Gasteiger partial charge in [0.2, 0.25) is 5.28 Å². The highest BCUT2D eigenvalue weighted by molar-refractivity contribution is 6.28. The number of nitrogens with zero attached hydrogens (tertiary/aromatic N) is 2. The lowest BCUT2D eigenvalue weighted by atomic mass is 10.1. The van der Waals surface area contributed by atoms with Gasteiger partial charge in [-0.2, -0.15) is 0 Å². The summed E-state index contributed by atoms with van der Waals surface area (Å²) in [5.41, 5.74) is 3.09. The van der Waals surface area contributed by atoms with Crippen LogP contribution in [0.2, 0.25) is 5.28 Å². The van der Waals surface area contributed by atoms with Crippen molar-refractivity contribution in [3.8, 4) is 11.3 Å². The molecule has 2 nitrogen and oxygen atoms in total. The van der Waals surface area contributed by atoms with E-state index < -0.39 is 0 Å². The zero-order chi connectivity index (χ0) is 11.4. The SMILES string of the molecule is C=CCc1cccc(-c2ccnc(Cl)n2)c1. The highest BCUT2D eigenvalue weighted by Gasteiger charge is 2.01. The molecule has 0 unspecified atom stereocenters. The Bertz CT molecular complexity index is 509. The van der Waals surface area contributed by atoms with Crippen LogP contribution in [0.25, 0.3) is 11.3 Å². The van der Waals surface area contributed by atoms with Gasteiger partial charge in [-0.3, -0.25) is 0 Å². The van der Waals surface area contributed by atoms with Gasteiger partial charge in [-0.1, -0.05) is 24.3 Å². The third-order valence-corrected chi connectivity index (χ3v) is 2.41. The van der Waals surface area contributed by atoms with Crippen LogP contribution in [0.1, 0.15) is 5.56 Å². The molecule has 16 heavy (non-hydrogen) atoms. The van der Waals surface area contributed by atoms with Crippen LogP contribution in [-0.4, -0.2) is 9.97 Å². The minimum Gasteiger partial charge on any atom is -0.226 e. The Morgan fingerprint density at radius 2 is 2.19 bits per heavy atom. The van der Waals surface area contributed by atoms with Crippen molar-refractivity contribution in [3.05, 3.63) is 60.0 Å². The fourth-order valence-corrected chi connectivity index (χ4v) is 1.67. The van der Waals surface area contributed by atoms with Gasteiger partial charge in [-0.05, 0) is 35.7 Å². The van der Waals surface area contributed by atoms with Crippen LogP contribution in [-0.2, 0) is 6.42 Å². The summed E-state index contributed by atoms with van der Waals surface area (Å²) >= 11 is 5.76. The van der Waals surface area contributed by atoms with Crippen molar-refractivity contribution in [2.45, 2.75) is 6.42 Å². The number of halogens is 1. The van der Waals surface area contributed by atoms with Crippen molar-refractivity contribution in [2.75, 3.05) is 0 Å². The van der Waals surface area contributed by atoms with Gasteiger partial charge < -0.3 is 0 Å². The minimum absolute atomic E-state index is 0.270. The molecule has 0 amide bonds. The summed E-state index contributed by atoms with van der Waals surface area (Å²) in [4.78, 5) is 8.04. The van der Waals surface area contributed by atoms with E-state index in [1.807, 2.05) is 24.3 Å². The Balaban J connectivity index is 2.40. The fraction of sp³-hybridized carbons (Fsp3) is 0.0769. The van der Waals surface area contributed by atoms with E-state index in [1.165, 1.54) is 5.56 Å². The zero-order valence-electron chi connectivity index (χ0n) is 8.73. The molecule has 1 aromatic carbocycles. The van der Waals surface area contributed by atoms with Gasteiger partial charge in [-0.25, -0.2) is 9.97 Å². The molecular formula is C13H11ClN2. The van der Waals surface area contributed by atoms with E-state index in [0.717, 1.165) is 17.7 Å². The average molecular weight is 231 g/mol. The van der Waals surface area contributed by atoms with Crippen LogP contribution in [0.4, 0.5) is 0 Å². The van der Waals surface area contributed by atoms with Crippen LogP contribution in [0.5, 0.6) is 0 Å². The highest BCUT2D eigenvalue weighted by Crippen LogP contribution is 2.19. The van der Waals surface area contributed by atoms with Crippen LogP contribution in [0.15, 0.2) is 49.2 Å². The van der Waals surface area contributed by atoms with Crippen LogP contribution >= 0.6 is 11.6 Å². The molecule has 0 saturated carbocycles. The number of aromatic nitrogens is 2. The molecule has 0 bridgehead atoms. The molecule has 0 atom stereocenters. The third kappa shape index (κ3) is 2.47. The van der Waals surface area contributed by atoms with Crippen LogP contribution < -0.4 is 0 Å². The Hall–Kier alpha value is -1.67. The van der Waals surface area contributed by atoms with E-state index in [4.69, 9.17) is 11.6 Å². The second kappa shape index (κ2) is 4.90. The fourth-order valence-electron chi connectivity index (χ4n) is 1.52. The maximum atomic E-state index is 5.76. The molecule has 0 spiro atoms. The average Bonchev–Trinajstić information content (AvgIpc) is 2.30. The molecule has 3 heteroatoms. The van der Waals surface area contributed by atoms with E-state index in [-0.39, 0.29) is 5.28 Å². The molecule has 0 N–H and O–H groups in total. The maximum Gasteiger partial charge on any atom is 0.222 e. The summed E-state index contributed by atoms with van der Waals surface area (Å²) < 4.78 is 0. The summed E-state index contributed by atoms with van der Waals surface area (Å²) in [7, 11) is 0. The van der Waals surface area contributed by atoms with Gasteiger partial charge in [0.05, 0.1) is 5.69 Å². The molecule has 0 aliphatic heterocycles. The van der Waals surface area contributed by atoms with Gasteiger partial charge in [0.25, 0.3) is 0 Å². The standard InChI is InChI=1S/C13H11ClN2/c1-2-4-10-5-3-6-11(9-10)12-7-8-15-13(14)16-12/h2-3,5-9H,1,4H2. The van der Waals surface area contributed by atoms with Gasteiger partial charge in [0.15, 0.2) is 0 Å².